The van der Waals surface area contributed by atoms with E-state index in [-0.39, 0.29) is 5.78 Å². The molecular weight excluding hydrogens is 240 g/mol. The first-order chi connectivity index (χ1) is 9.24. The van der Waals surface area contributed by atoms with Crippen molar-refractivity contribution in [1.82, 2.24) is 0 Å². The average molecular weight is 254 g/mol. The van der Waals surface area contributed by atoms with E-state index >= 15 is 0 Å². The number of Topliss-reactive ketones (excluding diaryl/α,β-unsaturated/α-hetero) is 1. The molecule has 0 heterocycles. The number of benzene rings is 2. The fourth-order valence-corrected chi connectivity index (χ4v) is 2.65. The van der Waals surface area contributed by atoms with Gasteiger partial charge in [0.25, 0.3) is 0 Å². The Balaban J connectivity index is 2.23. The number of carbonyl (C=O) groups excluding carboxylic acids is 1. The maximum atomic E-state index is 12.2. The summed E-state index contributed by atoms with van der Waals surface area (Å²) in [7, 11) is 1.64. The number of methoxy groups -OCH3 is 1. The van der Waals surface area contributed by atoms with Crippen LogP contribution >= 0.6 is 0 Å². The van der Waals surface area contributed by atoms with E-state index in [2.05, 4.69) is 0 Å². The van der Waals surface area contributed by atoms with Crippen LogP contribution in [0.1, 0.15) is 22.3 Å². The van der Waals surface area contributed by atoms with Gasteiger partial charge in [0.1, 0.15) is 5.75 Å². The van der Waals surface area contributed by atoms with Gasteiger partial charge in [0.2, 0.25) is 0 Å². The maximum absolute atomic E-state index is 12.2. The van der Waals surface area contributed by atoms with Gasteiger partial charge in [0.15, 0.2) is 5.78 Å². The van der Waals surface area contributed by atoms with E-state index in [1.807, 2.05) is 30.3 Å². The van der Waals surface area contributed by atoms with Gasteiger partial charge in [-0.3, -0.25) is 4.79 Å². The van der Waals surface area contributed by atoms with Crippen LogP contribution in [-0.4, -0.2) is 18.0 Å². The summed E-state index contributed by atoms with van der Waals surface area (Å²) in [6, 6.07) is 9.63. The molecule has 2 aromatic carbocycles. The third-order valence-electron chi connectivity index (χ3n) is 3.67. The number of ether oxygens (including phenoxy) is 1. The van der Waals surface area contributed by atoms with Gasteiger partial charge in [-0.1, -0.05) is 18.2 Å². The highest BCUT2D eigenvalue weighted by molar-refractivity contribution is 6.13. The number of carbonyl (C=O) groups is 1. The molecule has 3 heteroatoms. The number of aryl methyl sites for hydroxylation is 1. The Labute approximate surface area is 111 Å². The molecule has 3 rings (SSSR count). The first-order valence-electron chi connectivity index (χ1n) is 6.22. The zero-order valence-electron chi connectivity index (χ0n) is 10.6. The Morgan fingerprint density at radius 2 is 2.05 bits per heavy atom. The van der Waals surface area contributed by atoms with Crippen LogP contribution in [-0.2, 0) is 6.42 Å². The molecule has 0 aromatic heterocycles. The summed E-state index contributed by atoms with van der Waals surface area (Å²) in [6.07, 6.45) is 2.30. The highest BCUT2D eigenvalue weighted by Gasteiger charge is 2.23. The van der Waals surface area contributed by atoms with Gasteiger partial charge < -0.3 is 9.84 Å². The predicted octanol–water partition coefficient (Wildman–Crippen LogP) is 3.42. The van der Waals surface area contributed by atoms with Gasteiger partial charge in [-0.15, -0.1) is 0 Å². The van der Waals surface area contributed by atoms with Gasteiger partial charge >= 0.3 is 0 Å². The van der Waals surface area contributed by atoms with Crippen molar-refractivity contribution in [3.63, 3.8) is 0 Å². The molecule has 0 saturated heterocycles. The van der Waals surface area contributed by atoms with Crippen molar-refractivity contribution >= 4 is 16.6 Å². The topological polar surface area (TPSA) is 46.5 Å². The number of fused-ring (bicyclic) bond motifs is 3. The predicted molar refractivity (Wildman–Crippen MR) is 73.9 cm³/mol. The van der Waals surface area contributed by atoms with Gasteiger partial charge in [-0.25, -0.2) is 0 Å². The molecule has 0 unspecified atom stereocenters. The van der Waals surface area contributed by atoms with Crippen LogP contribution in [0.2, 0.25) is 0 Å². The van der Waals surface area contributed by atoms with Crippen LogP contribution in [0.5, 0.6) is 5.75 Å². The summed E-state index contributed by atoms with van der Waals surface area (Å²) < 4.78 is 5.21. The van der Waals surface area contributed by atoms with Gasteiger partial charge in [0, 0.05) is 11.1 Å². The van der Waals surface area contributed by atoms with E-state index in [9.17, 15) is 4.79 Å². The molecule has 19 heavy (non-hydrogen) atoms. The van der Waals surface area contributed by atoms with E-state index in [0.717, 1.165) is 34.8 Å². The van der Waals surface area contributed by atoms with Crippen molar-refractivity contribution < 1.29 is 14.6 Å². The van der Waals surface area contributed by atoms with E-state index in [1.165, 1.54) is 0 Å². The minimum absolute atomic E-state index is 0.0681. The molecule has 2 aromatic rings. The molecule has 0 aliphatic heterocycles. The Hall–Kier alpha value is -2.29. The number of hydrogen-bond acceptors (Lipinski definition) is 3. The summed E-state index contributed by atoms with van der Waals surface area (Å²) in [5.41, 5.74) is 2.25. The minimum Gasteiger partial charge on any atom is -0.515 e. The van der Waals surface area contributed by atoms with E-state index in [1.54, 1.807) is 7.11 Å². The first-order valence-corrected chi connectivity index (χ1v) is 6.22. The Kier molecular flexibility index (Phi) is 2.75. The number of rotatable bonds is 1. The highest BCUT2D eigenvalue weighted by Crippen LogP contribution is 2.32. The van der Waals surface area contributed by atoms with Crippen molar-refractivity contribution in [3.05, 3.63) is 53.3 Å². The zero-order valence-corrected chi connectivity index (χ0v) is 10.6. The van der Waals surface area contributed by atoms with Crippen LogP contribution in [0.25, 0.3) is 10.8 Å². The lowest BCUT2D eigenvalue weighted by Gasteiger charge is -2.19. The Bertz CT molecular complexity index is 698. The van der Waals surface area contributed by atoms with Crippen LogP contribution in [0, 0.1) is 0 Å². The Morgan fingerprint density at radius 1 is 1.21 bits per heavy atom. The SMILES string of the molecule is COc1ccc2c3c(ccc2c1)C(=O)/C(=C\O)CC3. The lowest BCUT2D eigenvalue weighted by molar-refractivity contribution is 0.102. The average Bonchev–Trinajstić information content (AvgIpc) is 2.46. The van der Waals surface area contributed by atoms with Gasteiger partial charge in [0.05, 0.1) is 13.4 Å². The first kappa shape index (κ1) is 11.8. The lowest BCUT2D eigenvalue weighted by Crippen LogP contribution is -2.14. The largest absolute Gasteiger partial charge is 0.515 e. The molecule has 96 valence electrons. The summed E-state index contributed by atoms with van der Waals surface area (Å²) >= 11 is 0. The molecule has 1 aliphatic rings. The lowest BCUT2D eigenvalue weighted by atomic mass is 9.84. The molecule has 3 nitrogen and oxygen atoms in total. The quantitative estimate of drug-likeness (QED) is 0.626. The number of allylic oxidation sites excluding steroid dienone is 1. The summed E-state index contributed by atoms with van der Waals surface area (Å²) in [5.74, 6) is 0.743. The summed E-state index contributed by atoms with van der Waals surface area (Å²) in [4.78, 5) is 12.2. The van der Waals surface area contributed by atoms with Crippen LogP contribution in [0.4, 0.5) is 0 Å². The van der Waals surface area contributed by atoms with Crippen molar-refractivity contribution in [1.29, 1.82) is 0 Å². The summed E-state index contributed by atoms with van der Waals surface area (Å²) in [5, 5.41) is 11.2. The van der Waals surface area contributed by atoms with Crippen molar-refractivity contribution in [3.8, 4) is 5.75 Å². The van der Waals surface area contributed by atoms with Crippen molar-refractivity contribution in [2.45, 2.75) is 12.8 Å². The zero-order chi connectivity index (χ0) is 13.4. The fraction of sp³-hybridized carbons (Fsp3) is 0.188. The number of aliphatic hydroxyl groups is 1. The molecule has 0 atom stereocenters. The van der Waals surface area contributed by atoms with E-state index in [0.29, 0.717) is 17.6 Å². The van der Waals surface area contributed by atoms with Crippen molar-refractivity contribution in [2.24, 2.45) is 0 Å². The van der Waals surface area contributed by atoms with Crippen LogP contribution in [0.15, 0.2) is 42.2 Å². The van der Waals surface area contributed by atoms with Crippen molar-refractivity contribution in [2.75, 3.05) is 7.11 Å². The molecular formula is C16H14O3. The molecule has 0 radical (unpaired) electrons. The second kappa shape index (κ2) is 4.43. The second-order valence-electron chi connectivity index (χ2n) is 4.66. The third kappa shape index (κ3) is 1.78. The molecule has 1 N–H and O–H groups in total. The van der Waals surface area contributed by atoms with E-state index in [4.69, 9.17) is 9.84 Å². The monoisotopic (exact) mass is 254 g/mol. The van der Waals surface area contributed by atoms with Gasteiger partial charge in [-0.05, 0) is 41.3 Å². The third-order valence-corrected chi connectivity index (χ3v) is 3.67. The molecule has 0 bridgehead atoms. The molecule has 0 spiro atoms. The molecule has 0 saturated carbocycles. The van der Waals surface area contributed by atoms with Gasteiger partial charge in [-0.2, -0.15) is 0 Å². The molecule has 1 aliphatic carbocycles. The maximum Gasteiger partial charge on any atom is 0.192 e. The highest BCUT2D eigenvalue weighted by atomic mass is 16.5. The number of aliphatic hydroxyl groups excluding tert-OH is 1. The minimum atomic E-state index is -0.0681. The van der Waals surface area contributed by atoms with Crippen LogP contribution < -0.4 is 4.74 Å². The number of hydrogen-bond donors (Lipinski definition) is 1. The smallest absolute Gasteiger partial charge is 0.192 e. The normalized spacial score (nSPS) is 16.7. The molecule has 0 amide bonds. The van der Waals surface area contributed by atoms with Crippen LogP contribution in [0.3, 0.4) is 0 Å². The number of ketones is 1. The standard InChI is InChI=1S/C16H14O3/c1-19-12-4-7-13-10(8-12)2-6-15-14(13)5-3-11(9-17)16(15)18/h2,4,6-9,17H,3,5H2,1H3/b11-9-. The summed E-state index contributed by atoms with van der Waals surface area (Å²) in [6.45, 7) is 0. The van der Waals surface area contributed by atoms with E-state index < -0.39 is 0 Å². The second-order valence-corrected chi connectivity index (χ2v) is 4.66. The fourth-order valence-electron chi connectivity index (χ4n) is 2.65. The molecule has 0 fully saturated rings. The Morgan fingerprint density at radius 3 is 2.79 bits per heavy atom.